The summed E-state index contributed by atoms with van der Waals surface area (Å²) in [6.07, 6.45) is 0. The van der Waals surface area contributed by atoms with Crippen LogP contribution in [0, 0.1) is 0 Å². The van der Waals surface area contributed by atoms with Crippen LogP contribution in [0.1, 0.15) is 5.69 Å². The summed E-state index contributed by atoms with van der Waals surface area (Å²) >= 11 is 2.02. The number of benzene rings is 1. The van der Waals surface area contributed by atoms with Crippen molar-refractivity contribution >= 4 is 56.1 Å². The number of hydrogen-bond acceptors (Lipinski definition) is 11. The Hall–Kier alpha value is -1.68. The van der Waals surface area contributed by atoms with Crippen molar-refractivity contribution in [3.8, 4) is 0 Å². The topological polar surface area (TPSA) is 167 Å². The van der Waals surface area contributed by atoms with E-state index in [9.17, 15) is 22.6 Å². The van der Waals surface area contributed by atoms with Gasteiger partial charge in [-0.05, 0) is 12.1 Å². The molecular formula is C15H14N5NaO6S3. The van der Waals surface area contributed by atoms with Crippen LogP contribution >= 0.6 is 23.1 Å². The Morgan fingerprint density at radius 3 is 2.60 bits per heavy atom. The molecule has 2 heterocycles. The zero-order chi connectivity index (χ0) is 21.2. The molecule has 30 heavy (non-hydrogen) atoms. The molecule has 11 nitrogen and oxygen atoms in total. The van der Waals surface area contributed by atoms with Crippen LogP contribution in [0.15, 0.2) is 45.8 Å². The number of carbonyl (C=O) groups excluding carboxylic acids is 2. The van der Waals surface area contributed by atoms with E-state index in [0.717, 1.165) is 23.1 Å². The number of nitrogens with zero attached hydrogens (tertiary/aromatic N) is 3. The molecule has 1 aromatic heterocycles. The van der Waals surface area contributed by atoms with Gasteiger partial charge < -0.3 is 20.4 Å². The van der Waals surface area contributed by atoms with E-state index in [1.165, 1.54) is 12.5 Å². The first kappa shape index (κ1) is 24.6. The Bertz CT molecular complexity index is 1060. The predicted molar refractivity (Wildman–Crippen MR) is 105 cm³/mol. The standard InChI is InChI=1S/C15H15N5O6S3.Na/c1-26-19-10(9-7-27-15(16)17-9)12(21)18-11-13(22)20(29(23,24)25)14(11)28-8-5-3-2-4-6-8;/h2-7,11,14H,1H3,(H2,16,17)(H,18,21)(H,23,24,25);/q;+1/p-1/t11-,14-;/m1./s1. The number of nitrogens with one attached hydrogen (secondary N) is 1. The van der Waals surface area contributed by atoms with E-state index >= 15 is 0 Å². The van der Waals surface area contributed by atoms with E-state index in [4.69, 9.17) is 5.73 Å². The van der Waals surface area contributed by atoms with Crippen LogP contribution in [0.25, 0.3) is 0 Å². The van der Waals surface area contributed by atoms with Gasteiger partial charge >= 0.3 is 29.6 Å². The van der Waals surface area contributed by atoms with Crippen molar-refractivity contribution in [2.24, 2.45) is 5.16 Å². The second-order valence-electron chi connectivity index (χ2n) is 5.56. The molecular weight excluding hydrogens is 465 g/mol. The van der Waals surface area contributed by atoms with Gasteiger partial charge in [-0.2, -0.15) is 0 Å². The average Bonchev–Trinajstić information content (AvgIpc) is 3.09. The van der Waals surface area contributed by atoms with Crippen molar-refractivity contribution < 1.29 is 57.0 Å². The third-order valence-corrected chi connectivity index (χ3v) is 6.65. The average molecular weight is 479 g/mol. The summed E-state index contributed by atoms with van der Waals surface area (Å²) in [7, 11) is -3.83. The van der Waals surface area contributed by atoms with Crippen LogP contribution in [-0.4, -0.2) is 58.3 Å². The van der Waals surface area contributed by atoms with Gasteiger partial charge in [-0.3, -0.25) is 9.59 Å². The van der Waals surface area contributed by atoms with Gasteiger partial charge in [0.1, 0.15) is 24.2 Å². The molecule has 0 spiro atoms. The Morgan fingerprint density at radius 1 is 1.40 bits per heavy atom. The molecule has 2 atom stereocenters. The second kappa shape index (κ2) is 10.1. The first-order chi connectivity index (χ1) is 13.7. The van der Waals surface area contributed by atoms with E-state index in [1.54, 1.807) is 30.3 Å². The minimum Gasteiger partial charge on any atom is -0.731 e. The second-order valence-corrected chi connectivity index (χ2v) is 8.89. The number of amides is 2. The minimum absolute atomic E-state index is 0. The van der Waals surface area contributed by atoms with Crippen molar-refractivity contribution in [2.75, 3.05) is 12.8 Å². The first-order valence-electron chi connectivity index (χ1n) is 7.86. The van der Waals surface area contributed by atoms with E-state index in [2.05, 4.69) is 20.3 Å². The normalized spacial score (nSPS) is 18.9. The Morgan fingerprint density at radius 2 is 2.07 bits per heavy atom. The fraction of sp³-hybridized carbons (Fsp3) is 0.200. The predicted octanol–water partition coefficient (Wildman–Crippen LogP) is -3.01. The van der Waals surface area contributed by atoms with Crippen LogP contribution in [0.3, 0.4) is 0 Å². The van der Waals surface area contributed by atoms with Gasteiger partial charge in [-0.25, -0.2) is 17.7 Å². The van der Waals surface area contributed by atoms with Crippen molar-refractivity contribution in [2.45, 2.75) is 16.3 Å². The van der Waals surface area contributed by atoms with Gasteiger partial charge in [-0.1, -0.05) is 35.1 Å². The molecule has 1 aliphatic heterocycles. The maximum Gasteiger partial charge on any atom is 1.00 e. The number of oxime groups is 1. The number of aromatic nitrogens is 1. The molecule has 2 aromatic rings. The minimum atomic E-state index is -5.05. The van der Waals surface area contributed by atoms with Gasteiger partial charge in [-0.15, -0.1) is 11.3 Å². The third kappa shape index (κ3) is 5.32. The van der Waals surface area contributed by atoms with Crippen molar-refractivity contribution in [3.63, 3.8) is 0 Å². The van der Waals surface area contributed by atoms with Crippen LogP contribution in [0.4, 0.5) is 5.13 Å². The number of thioether (sulfide) groups is 1. The Kier molecular flexibility index (Phi) is 8.27. The molecule has 0 unspecified atom stereocenters. The molecule has 1 fully saturated rings. The number of rotatable bonds is 7. The quantitative estimate of drug-likeness (QED) is 0.138. The number of nitrogen functional groups attached to an aromatic ring is 1. The summed E-state index contributed by atoms with van der Waals surface area (Å²) in [6.45, 7) is 0. The van der Waals surface area contributed by atoms with Gasteiger partial charge in [0.25, 0.3) is 11.8 Å². The summed E-state index contributed by atoms with van der Waals surface area (Å²) in [5.41, 5.74) is 5.44. The molecule has 1 aliphatic rings. The number of hydrogen-bond donors (Lipinski definition) is 2. The molecule has 2 amide bonds. The molecule has 3 rings (SSSR count). The summed E-state index contributed by atoms with van der Waals surface area (Å²) < 4.78 is 34.6. The Labute approximate surface area is 202 Å². The van der Waals surface area contributed by atoms with E-state index in [-0.39, 0.29) is 50.4 Å². The number of anilines is 1. The summed E-state index contributed by atoms with van der Waals surface area (Å²) in [4.78, 5) is 34.1. The summed E-state index contributed by atoms with van der Waals surface area (Å²) in [5.74, 6) is -1.88. The molecule has 3 N–H and O–H groups in total. The van der Waals surface area contributed by atoms with Crippen molar-refractivity contribution in [3.05, 3.63) is 41.4 Å². The van der Waals surface area contributed by atoms with Crippen LogP contribution < -0.4 is 40.6 Å². The molecule has 0 aliphatic carbocycles. The van der Waals surface area contributed by atoms with Gasteiger partial charge in [0, 0.05) is 10.3 Å². The number of thiazole rings is 1. The fourth-order valence-corrected chi connectivity index (χ4v) is 5.28. The van der Waals surface area contributed by atoms with Gasteiger partial charge in [0.2, 0.25) is 0 Å². The zero-order valence-electron chi connectivity index (χ0n) is 15.7. The Balaban J connectivity index is 0.00000320. The van der Waals surface area contributed by atoms with Crippen LogP contribution in [0.5, 0.6) is 0 Å². The first-order valence-corrected chi connectivity index (χ1v) is 11.0. The number of nitrogens with two attached hydrogens (primary N) is 1. The maximum atomic E-state index is 12.6. The maximum absolute atomic E-state index is 12.6. The monoisotopic (exact) mass is 479 g/mol. The molecule has 0 bridgehead atoms. The largest absolute Gasteiger partial charge is 1.00 e. The fourth-order valence-electron chi connectivity index (χ4n) is 2.46. The molecule has 154 valence electrons. The van der Waals surface area contributed by atoms with E-state index in [1.807, 2.05) is 0 Å². The SMILES string of the molecule is CON=C(C(=O)N[C@@H]1C(=O)N(S(=O)(=O)[O-])[C@@H]1Sc1ccccc1)c1csc(N)n1.[Na+]. The zero-order valence-corrected chi connectivity index (χ0v) is 20.2. The molecule has 15 heteroatoms. The third-order valence-electron chi connectivity index (χ3n) is 3.69. The van der Waals surface area contributed by atoms with Crippen molar-refractivity contribution in [1.82, 2.24) is 14.6 Å². The number of carbonyl (C=O) groups is 2. The van der Waals surface area contributed by atoms with Gasteiger partial charge in [0.15, 0.2) is 21.1 Å². The summed E-state index contributed by atoms with van der Waals surface area (Å²) in [5, 5.41) is 6.50. The van der Waals surface area contributed by atoms with Crippen LogP contribution in [0.2, 0.25) is 0 Å². The van der Waals surface area contributed by atoms with E-state index in [0.29, 0.717) is 4.90 Å². The van der Waals surface area contributed by atoms with Gasteiger partial charge in [0.05, 0.1) is 0 Å². The van der Waals surface area contributed by atoms with E-state index < -0.39 is 33.5 Å². The summed E-state index contributed by atoms with van der Waals surface area (Å²) in [6, 6.07) is 7.26. The van der Waals surface area contributed by atoms with Crippen LogP contribution in [-0.2, 0) is 24.7 Å². The molecule has 0 radical (unpaired) electrons. The molecule has 1 saturated heterocycles. The van der Waals surface area contributed by atoms with Crippen molar-refractivity contribution in [1.29, 1.82) is 0 Å². The molecule has 0 saturated carbocycles. The number of β-lactam (4-membered cyclic amide) rings is 1. The smallest absolute Gasteiger partial charge is 0.731 e. The molecule has 1 aromatic carbocycles.